The molecule has 1 heterocycles. The van der Waals surface area contributed by atoms with Gasteiger partial charge in [0.15, 0.2) is 10.6 Å². The summed E-state index contributed by atoms with van der Waals surface area (Å²) in [6.07, 6.45) is 5.90. The molecular formula is C17H19N3S. The van der Waals surface area contributed by atoms with E-state index in [0.717, 1.165) is 22.7 Å². The second-order valence-electron chi connectivity index (χ2n) is 4.91. The molecule has 1 N–H and O–H groups in total. The van der Waals surface area contributed by atoms with Crippen molar-refractivity contribution < 1.29 is 0 Å². The largest absolute Gasteiger partial charge is 0.268 e. The maximum absolute atomic E-state index is 5.40. The van der Waals surface area contributed by atoms with Gasteiger partial charge in [-0.3, -0.25) is 9.67 Å². The van der Waals surface area contributed by atoms with E-state index >= 15 is 0 Å². The molecular weight excluding hydrogens is 278 g/mol. The van der Waals surface area contributed by atoms with Crippen LogP contribution in [-0.4, -0.2) is 14.8 Å². The van der Waals surface area contributed by atoms with Crippen LogP contribution in [0.5, 0.6) is 0 Å². The minimum Gasteiger partial charge on any atom is -0.268 e. The van der Waals surface area contributed by atoms with Crippen LogP contribution in [0.15, 0.2) is 48.6 Å². The summed E-state index contributed by atoms with van der Waals surface area (Å²) in [5.41, 5.74) is 4.23. The molecule has 0 saturated carbocycles. The molecule has 0 saturated heterocycles. The van der Waals surface area contributed by atoms with Crippen LogP contribution in [0.2, 0.25) is 0 Å². The minimum absolute atomic E-state index is 0.568. The Balaban J connectivity index is 2.75. The first-order chi connectivity index (χ1) is 10.0. The first-order valence-corrected chi connectivity index (χ1v) is 7.19. The monoisotopic (exact) mass is 297 g/mol. The van der Waals surface area contributed by atoms with Crippen molar-refractivity contribution in [1.82, 2.24) is 14.8 Å². The molecule has 0 amide bonds. The Labute approximate surface area is 130 Å². The molecule has 0 unspecified atom stereocenters. The lowest BCUT2D eigenvalue weighted by Gasteiger charge is -2.13. The third-order valence-electron chi connectivity index (χ3n) is 3.06. The van der Waals surface area contributed by atoms with Crippen molar-refractivity contribution >= 4 is 24.0 Å². The Morgan fingerprint density at radius 2 is 2.10 bits per heavy atom. The Hall–Kier alpha value is -2.20. The second-order valence-corrected chi connectivity index (χ2v) is 5.30. The van der Waals surface area contributed by atoms with E-state index in [2.05, 4.69) is 35.8 Å². The molecule has 0 aliphatic heterocycles. The molecule has 0 atom stereocenters. The molecule has 1 aromatic carbocycles. The molecule has 0 spiro atoms. The van der Waals surface area contributed by atoms with Crippen LogP contribution >= 0.6 is 12.2 Å². The molecule has 2 aromatic rings. The van der Waals surface area contributed by atoms with Crippen molar-refractivity contribution in [3.05, 3.63) is 70.3 Å². The van der Waals surface area contributed by atoms with Gasteiger partial charge < -0.3 is 0 Å². The Kier molecular flexibility index (Phi) is 4.70. The number of aromatic nitrogens is 3. The van der Waals surface area contributed by atoms with E-state index in [0.29, 0.717) is 4.77 Å². The molecule has 0 aliphatic rings. The van der Waals surface area contributed by atoms with Crippen LogP contribution in [0.25, 0.3) is 11.8 Å². The summed E-state index contributed by atoms with van der Waals surface area (Å²) in [5.74, 6) is 0.776. The van der Waals surface area contributed by atoms with E-state index in [1.165, 1.54) is 5.56 Å². The van der Waals surface area contributed by atoms with Gasteiger partial charge in [0.05, 0.1) is 5.70 Å². The maximum atomic E-state index is 5.40. The average Bonchev–Trinajstić information content (AvgIpc) is 2.78. The number of hydrogen-bond donors (Lipinski definition) is 1. The molecule has 0 aliphatic carbocycles. The van der Waals surface area contributed by atoms with Crippen molar-refractivity contribution in [2.75, 3.05) is 0 Å². The fraction of sp³-hybridized carbons (Fsp3) is 0.176. The summed E-state index contributed by atoms with van der Waals surface area (Å²) in [4.78, 5) is 0. The number of allylic oxidation sites excluding steroid dienone is 3. The van der Waals surface area contributed by atoms with Gasteiger partial charge in [0.2, 0.25) is 0 Å². The van der Waals surface area contributed by atoms with Gasteiger partial charge in [-0.05, 0) is 50.7 Å². The topological polar surface area (TPSA) is 33.6 Å². The smallest absolute Gasteiger partial charge is 0.200 e. The summed E-state index contributed by atoms with van der Waals surface area (Å²) in [7, 11) is 0. The molecule has 0 bridgehead atoms. The molecule has 108 valence electrons. The van der Waals surface area contributed by atoms with Crippen molar-refractivity contribution in [2.24, 2.45) is 0 Å². The molecule has 0 fully saturated rings. The fourth-order valence-electron chi connectivity index (χ4n) is 2.16. The predicted octanol–water partition coefficient (Wildman–Crippen LogP) is 4.75. The maximum Gasteiger partial charge on any atom is 0.200 e. The van der Waals surface area contributed by atoms with Crippen LogP contribution in [0, 0.1) is 11.7 Å². The highest BCUT2D eigenvalue weighted by atomic mass is 32.1. The zero-order valence-electron chi connectivity index (χ0n) is 12.6. The highest BCUT2D eigenvalue weighted by Crippen LogP contribution is 2.24. The van der Waals surface area contributed by atoms with Crippen molar-refractivity contribution in [3.63, 3.8) is 0 Å². The Morgan fingerprint density at radius 1 is 1.38 bits per heavy atom. The lowest BCUT2D eigenvalue weighted by atomic mass is 10.0. The zero-order valence-corrected chi connectivity index (χ0v) is 13.4. The SMILES string of the molecule is C=C(C)/C=C(\c1ccccc1C)n1c(/C=C/C)n[nH]c1=S. The standard InChI is InChI=1S/C17H19N3S/c1-5-8-16-18-19-17(21)20(16)15(11-12(2)3)14-10-7-6-9-13(14)4/h5-11H,2H2,1,3-4H3,(H,19,21)/b8-5+,15-11+. The first-order valence-electron chi connectivity index (χ1n) is 6.78. The third-order valence-corrected chi connectivity index (χ3v) is 3.33. The molecule has 4 heteroatoms. The second kappa shape index (κ2) is 6.50. The number of hydrogen-bond acceptors (Lipinski definition) is 2. The summed E-state index contributed by atoms with van der Waals surface area (Å²) in [5, 5.41) is 7.14. The van der Waals surface area contributed by atoms with Crippen molar-refractivity contribution in [1.29, 1.82) is 0 Å². The van der Waals surface area contributed by atoms with Gasteiger partial charge in [-0.2, -0.15) is 5.10 Å². The summed E-state index contributed by atoms with van der Waals surface area (Å²) < 4.78 is 2.51. The number of nitrogens with one attached hydrogen (secondary N) is 1. The van der Waals surface area contributed by atoms with E-state index in [9.17, 15) is 0 Å². The van der Waals surface area contributed by atoms with Crippen LogP contribution < -0.4 is 0 Å². The van der Waals surface area contributed by atoms with Crippen LogP contribution in [0.1, 0.15) is 30.8 Å². The number of nitrogens with zero attached hydrogens (tertiary/aromatic N) is 2. The lowest BCUT2D eigenvalue weighted by molar-refractivity contribution is 1.04. The first kappa shape index (κ1) is 15.2. The minimum atomic E-state index is 0.568. The lowest BCUT2D eigenvalue weighted by Crippen LogP contribution is -2.04. The summed E-state index contributed by atoms with van der Waals surface area (Å²) in [6, 6.07) is 8.21. The summed E-state index contributed by atoms with van der Waals surface area (Å²) in [6.45, 7) is 10.0. The highest BCUT2D eigenvalue weighted by Gasteiger charge is 2.12. The average molecular weight is 297 g/mol. The van der Waals surface area contributed by atoms with Crippen LogP contribution in [0.4, 0.5) is 0 Å². The van der Waals surface area contributed by atoms with Gasteiger partial charge in [0, 0.05) is 5.56 Å². The van der Waals surface area contributed by atoms with Gasteiger partial charge in [-0.1, -0.05) is 42.5 Å². The number of benzene rings is 1. The van der Waals surface area contributed by atoms with Gasteiger partial charge >= 0.3 is 0 Å². The highest BCUT2D eigenvalue weighted by molar-refractivity contribution is 7.71. The van der Waals surface area contributed by atoms with Gasteiger partial charge in [0.25, 0.3) is 0 Å². The van der Waals surface area contributed by atoms with Crippen molar-refractivity contribution in [3.8, 4) is 0 Å². The number of H-pyrrole nitrogens is 1. The molecule has 21 heavy (non-hydrogen) atoms. The van der Waals surface area contributed by atoms with E-state index in [1.807, 2.05) is 48.8 Å². The number of aromatic amines is 1. The Bertz CT molecular complexity index is 775. The quantitative estimate of drug-likeness (QED) is 0.653. The fourth-order valence-corrected chi connectivity index (χ4v) is 2.40. The predicted molar refractivity (Wildman–Crippen MR) is 91.5 cm³/mol. The normalized spacial score (nSPS) is 12.0. The molecule has 2 rings (SSSR count). The third kappa shape index (κ3) is 3.28. The number of aryl methyl sites for hydroxylation is 1. The van der Waals surface area contributed by atoms with E-state index in [1.54, 1.807) is 0 Å². The van der Waals surface area contributed by atoms with Crippen LogP contribution in [0.3, 0.4) is 0 Å². The van der Waals surface area contributed by atoms with Crippen molar-refractivity contribution in [2.45, 2.75) is 20.8 Å². The van der Waals surface area contributed by atoms with Gasteiger partial charge in [0.1, 0.15) is 0 Å². The Morgan fingerprint density at radius 3 is 2.71 bits per heavy atom. The molecule has 1 aromatic heterocycles. The van der Waals surface area contributed by atoms with Crippen LogP contribution in [-0.2, 0) is 0 Å². The summed E-state index contributed by atoms with van der Waals surface area (Å²) >= 11 is 5.40. The van der Waals surface area contributed by atoms with Gasteiger partial charge in [-0.25, -0.2) is 0 Å². The van der Waals surface area contributed by atoms with E-state index < -0.39 is 0 Å². The molecule has 3 nitrogen and oxygen atoms in total. The number of rotatable bonds is 4. The zero-order chi connectivity index (χ0) is 15.4. The molecule has 0 radical (unpaired) electrons. The van der Waals surface area contributed by atoms with E-state index in [4.69, 9.17) is 12.2 Å². The van der Waals surface area contributed by atoms with E-state index in [-0.39, 0.29) is 0 Å². The van der Waals surface area contributed by atoms with Gasteiger partial charge in [-0.15, -0.1) is 0 Å².